The van der Waals surface area contributed by atoms with Crippen molar-refractivity contribution in [2.45, 2.75) is 25.8 Å². The van der Waals surface area contributed by atoms with Crippen LogP contribution in [0.4, 0.5) is 5.69 Å². The molecule has 0 aromatic heterocycles. The summed E-state index contributed by atoms with van der Waals surface area (Å²) < 4.78 is 7.34. The van der Waals surface area contributed by atoms with Gasteiger partial charge in [0.15, 0.2) is 0 Å². The summed E-state index contributed by atoms with van der Waals surface area (Å²) in [6.45, 7) is 2.21. The molecule has 0 saturated carbocycles. The van der Waals surface area contributed by atoms with Crippen molar-refractivity contribution in [1.29, 1.82) is 0 Å². The van der Waals surface area contributed by atoms with Crippen molar-refractivity contribution in [1.82, 2.24) is 0 Å². The van der Waals surface area contributed by atoms with Gasteiger partial charge in [-0.15, -0.1) is 0 Å². The van der Waals surface area contributed by atoms with Crippen LogP contribution in [-0.4, -0.2) is 13.2 Å². The number of ether oxygens (including phenoxy) is 1. The maximum Gasteiger partial charge on any atom is 0.118 e. The highest BCUT2D eigenvalue weighted by molar-refractivity contribution is 9.11. The van der Waals surface area contributed by atoms with E-state index < -0.39 is 0 Å². The summed E-state index contributed by atoms with van der Waals surface area (Å²) in [7, 11) is 1.69. The minimum absolute atomic E-state index is 0.401. The van der Waals surface area contributed by atoms with Gasteiger partial charge in [0.2, 0.25) is 0 Å². The van der Waals surface area contributed by atoms with E-state index in [-0.39, 0.29) is 0 Å². The molecule has 2 aromatic carbocycles. The Labute approximate surface area is 143 Å². The molecule has 2 aromatic rings. The summed E-state index contributed by atoms with van der Waals surface area (Å²) in [6.07, 6.45) is 2.12. The minimum Gasteiger partial charge on any atom is -0.497 e. The van der Waals surface area contributed by atoms with E-state index >= 15 is 0 Å². The molecule has 0 aliphatic heterocycles. The summed E-state index contributed by atoms with van der Waals surface area (Å²) in [5.41, 5.74) is 2.45. The molecule has 0 saturated heterocycles. The molecular formula is C17H19Br2NO. The number of methoxy groups -OCH3 is 1. The van der Waals surface area contributed by atoms with E-state index in [0.29, 0.717) is 6.04 Å². The Kier molecular flexibility index (Phi) is 6.12. The van der Waals surface area contributed by atoms with Crippen molar-refractivity contribution in [2.24, 2.45) is 0 Å². The van der Waals surface area contributed by atoms with Gasteiger partial charge in [0.1, 0.15) is 5.75 Å². The molecule has 1 unspecified atom stereocenters. The molecule has 112 valence electrons. The minimum atomic E-state index is 0.401. The first-order chi connectivity index (χ1) is 10.1. The molecule has 0 fully saturated rings. The number of aryl methyl sites for hydroxylation is 1. The Hall–Kier alpha value is -1.00. The molecule has 2 nitrogen and oxygen atoms in total. The predicted octanol–water partition coefficient (Wildman–Crippen LogP) is 5.65. The quantitative estimate of drug-likeness (QED) is 0.661. The number of hydrogen-bond donors (Lipinski definition) is 1. The highest BCUT2D eigenvalue weighted by Gasteiger charge is 2.06. The number of rotatable bonds is 6. The third kappa shape index (κ3) is 5.04. The average Bonchev–Trinajstić information content (AvgIpc) is 2.49. The third-order valence-electron chi connectivity index (χ3n) is 3.36. The molecule has 0 aliphatic carbocycles. The molecule has 0 heterocycles. The lowest BCUT2D eigenvalue weighted by Gasteiger charge is -2.17. The van der Waals surface area contributed by atoms with Gasteiger partial charge in [0, 0.05) is 20.7 Å². The average molecular weight is 413 g/mol. The van der Waals surface area contributed by atoms with Gasteiger partial charge in [-0.3, -0.25) is 0 Å². The fourth-order valence-corrected chi connectivity index (χ4v) is 2.84. The van der Waals surface area contributed by atoms with Crippen LogP contribution in [0.15, 0.2) is 51.4 Å². The Morgan fingerprint density at radius 2 is 1.81 bits per heavy atom. The van der Waals surface area contributed by atoms with E-state index in [0.717, 1.165) is 33.2 Å². The van der Waals surface area contributed by atoms with Gasteiger partial charge in [-0.2, -0.15) is 0 Å². The van der Waals surface area contributed by atoms with Crippen LogP contribution in [0.2, 0.25) is 0 Å². The number of anilines is 1. The van der Waals surface area contributed by atoms with E-state index in [1.54, 1.807) is 7.11 Å². The van der Waals surface area contributed by atoms with Gasteiger partial charge in [-0.25, -0.2) is 0 Å². The first-order valence-electron chi connectivity index (χ1n) is 6.93. The van der Waals surface area contributed by atoms with Gasteiger partial charge < -0.3 is 10.1 Å². The standard InChI is InChI=1S/C17H19Br2NO/c1-12(20-17-11-14(18)7-10-16(17)19)3-4-13-5-8-15(21-2)9-6-13/h5-12,20H,3-4H2,1-2H3. The molecule has 0 bridgehead atoms. The van der Waals surface area contributed by atoms with Crippen molar-refractivity contribution < 1.29 is 4.74 Å². The Morgan fingerprint density at radius 3 is 2.48 bits per heavy atom. The Morgan fingerprint density at radius 1 is 1.10 bits per heavy atom. The van der Waals surface area contributed by atoms with Gasteiger partial charge >= 0.3 is 0 Å². The van der Waals surface area contributed by atoms with Gasteiger partial charge in [-0.05, 0) is 71.6 Å². The lowest BCUT2D eigenvalue weighted by atomic mass is 10.1. The van der Waals surface area contributed by atoms with Crippen LogP contribution in [0.25, 0.3) is 0 Å². The summed E-state index contributed by atoms with van der Waals surface area (Å²) >= 11 is 7.08. The highest BCUT2D eigenvalue weighted by atomic mass is 79.9. The molecule has 0 spiro atoms. The van der Waals surface area contributed by atoms with Crippen molar-refractivity contribution in [2.75, 3.05) is 12.4 Å². The van der Waals surface area contributed by atoms with Crippen LogP contribution in [0.3, 0.4) is 0 Å². The summed E-state index contributed by atoms with van der Waals surface area (Å²) in [5.74, 6) is 0.906. The predicted molar refractivity (Wildman–Crippen MR) is 96.2 cm³/mol. The second-order valence-electron chi connectivity index (χ2n) is 5.06. The normalized spacial score (nSPS) is 12.0. The fourth-order valence-electron chi connectivity index (χ4n) is 2.12. The largest absolute Gasteiger partial charge is 0.497 e. The Bertz CT molecular complexity index is 584. The zero-order chi connectivity index (χ0) is 15.2. The zero-order valence-corrected chi connectivity index (χ0v) is 15.4. The van der Waals surface area contributed by atoms with Crippen LogP contribution in [0.5, 0.6) is 5.75 Å². The number of nitrogens with one attached hydrogen (secondary N) is 1. The van der Waals surface area contributed by atoms with Crippen molar-refractivity contribution in [3.05, 3.63) is 57.0 Å². The summed E-state index contributed by atoms with van der Waals surface area (Å²) in [5, 5.41) is 3.54. The molecule has 2 rings (SSSR count). The molecular weight excluding hydrogens is 394 g/mol. The molecule has 0 radical (unpaired) electrons. The lowest BCUT2D eigenvalue weighted by molar-refractivity contribution is 0.414. The van der Waals surface area contributed by atoms with Crippen molar-refractivity contribution in [3.63, 3.8) is 0 Å². The molecule has 4 heteroatoms. The SMILES string of the molecule is COc1ccc(CCC(C)Nc2cc(Br)ccc2Br)cc1. The second-order valence-corrected chi connectivity index (χ2v) is 6.83. The maximum atomic E-state index is 5.18. The molecule has 1 atom stereocenters. The monoisotopic (exact) mass is 411 g/mol. The van der Waals surface area contributed by atoms with E-state index in [4.69, 9.17) is 4.74 Å². The highest BCUT2D eigenvalue weighted by Crippen LogP contribution is 2.27. The molecule has 1 N–H and O–H groups in total. The van der Waals surface area contributed by atoms with Crippen LogP contribution in [-0.2, 0) is 6.42 Å². The third-order valence-corrected chi connectivity index (χ3v) is 4.54. The van der Waals surface area contributed by atoms with Crippen LogP contribution >= 0.6 is 31.9 Å². The van der Waals surface area contributed by atoms with E-state index in [9.17, 15) is 0 Å². The number of benzene rings is 2. The lowest BCUT2D eigenvalue weighted by Crippen LogP contribution is -2.16. The Balaban J connectivity index is 1.89. The maximum absolute atomic E-state index is 5.18. The van der Waals surface area contributed by atoms with Gasteiger partial charge in [-0.1, -0.05) is 28.1 Å². The van der Waals surface area contributed by atoms with Crippen LogP contribution in [0.1, 0.15) is 18.9 Å². The van der Waals surface area contributed by atoms with E-state index in [2.05, 4.69) is 62.3 Å². The zero-order valence-electron chi connectivity index (χ0n) is 12.2. The fraction of sp³-hybridized carbons (Fsp3) is 0.294. The summed E-state index contributed by atoms with van der Waals surface area (Å²) in [4.78, 5) is 0. The second kappa shape index (κ2) is 7.85. The molecule has 0 amide bonds. The number of hydrogen-bond acceptors (Lipinski definition) is 2. The van der Waals surface area contributed by atoms with E-state index in [1.165, 1.54) is 5.56 Å². The van der Waals surface area contributed by atoms with Crippen molar-refractivity contribution >= 4 is 37.5 Å². The topological polar surface area (TPSA) is 21.3 Å². The number of halogens is 2. The van der Waals surface area contributed by atoms with Gasteiger partial charge in [0.05, 0.1) is 7.11 Å². The van der Waals surface area contributed by atoms with Crippen LogP contribution in [0, 0.1) is 0 Å². The first-order valence-corrected chi connectivity index (χ1v) is 8.51. The summed E-state index contributed by atoms with van der Waals surface area (Å²) in [6, 6.07) is 14.8. The van der Waals surface area contributed by atoms with Gasteiger partial charge in [0.25, 0.3) is 0 Å². The van der Waals surface area contributed by atoms with E-state index in [1.807, 2.05) is 24.3 Å². The molecule has 0 aliphatic rings. The van der Waals surface area contributed by atoms with Crippen LogP contribution < -0.4 is 10.1 Å². The van der Waals surface area contributed by atoms with Crippen molar-refractivity contribution in [3.8, 4) is 5.75 Å². The molecule has 21 heavy (non-hydrogen) atoms. The smallest absolute Gasteiger partial charge is 0.118 e. The first kappa shape index (κ1) is 16.4.